The van der Waals surface area contributed by atoms with Gasteiger partial charge in [0.15, 0.2) is 0 Å². The summed E-state index contributed by atoms with van der Waals surface area (Å²) in [5.41, 5.74) is 0.138. The van der Waals surface area contributed by atoms with Crippen molar-refractivity contribution in [3.63, 3.8) is 0 Å². The Morgan fingerprint density at radius 2 is 2.00 bits per heavy atom. The molecule has 0 unspecified atom stereocenters. The Labute approximate surface area is 117 Å². The van der Waals surface area contributed by atoms with Crippen molar-refractivity contribution in [1.29, 1.82) is 0 Å². The van der Waals surface area contributed by atoms with E-state index in [0.717, 1.165) is 24.2 Å². The van der Waals surface area contributed by atoms with E-state index in [1.165, 1.54) is 0 Å². The summed E-state index contributed by atoms with van der Waals surface area (Å²) in [4.78, 5) is 23.3. The molecule has 0 aliphatic heterocycles. The number of rotatable bonds is 3. The lowest BCUT2D eigenvalue weighted by Gasteiger charge is -2.19. The number of carbonyl (C=O) groups excluding carboxylic acids is 1. The lowest BCUT2D eigenvalue weighted by atomic mass is 9.81. The molecule has 1 spiro atoms. The summed E-state index contributed by atoms with van der Waals surface area (Å²) in [6, 6.07) is 6.54. The average molecular weight is 275 g/mol. The number of hydrogen-bond donors (Lipinski definition) is 0. The monoisotopic (exact) mass is 275 g/mol. The van der Waals surface area contributed by atoms with E-state index in [4.69, 9.17) is 4.74 Å². The molecule has 5 nitrogen and oxygen atoms in total. The van der Waals surface area contributed by atoms with Gasteiger partial charge in [0.1, 0.15) is 16.9 Å². The Hall–Kier alpha value is -1.91. The van der Waals surface area contributed by atoms with Crippen LogP contribution in [0.2, 0.25) is 0 Å². The molecule has 2 aliphatic carbocycles. The molecule has 0 aromatic heterocycles. The van der Waals surface area contributed by atoms with Crippen LogP contribution in [-0.4, -0.2) is 23.9 Å². The summed E-state index contributed by atoms with van der Waals surface area (Å²) >= 11 is 0. The van der Waals surface area contributed by atoms with Gasteiger partial charge in [0.2, 0.25) is 6.04 Å². The first-order valence-corrected chi connectivity index (χ1v) is 6.92. The lowest BCUT2D eigenvalue weighted by molar-refractivity contribution is -0.502. The normalized spacial score (nSPS) is 32.1. The van der Waals surface area contributed by atoms with Crippen molar-refractivity contribution in [2.45, 2.75) is 37.6 Å². The Balaban J connectivity index is 1.94. The third-order valence-electron chi connectivity index (χ3n) is 4.75. The van der Waals surface area contributed by atoms with E-state index in [0.29, 0.717) is 12.8 Å². The summed E-state index contributed by atoms with van der Waals surface area (Å²) in [5, 5.41) is 11.3. The molecule has 3 rings (SSSR count). The largest absolute Gasteiger partial charge is 0.497 e. The molecular formula is C15H17NO4. The molecule has 2 aliphatic rings. The van der Waals surface area contributed by atoms with Gasteiger partial charge in [0.25, 0.3) is 0 Å². The summed E-state index contributed by atoms with van der Waals surface area (Å²) in [6.45, 7) is 0. The molecule has 20 heavy (non-hydrogen) atoms. The van der Waals surface area contributed by atoms with E-state index in [1.54, 1.807) is 19.2 Å². The fourth-order valence-corrected chi connectivity index (χ4v) is 3.74. The van der Waals surface area contributed by atoms with Crippen LogP contribution in [0.1, 0.15) is 37.2 Å². The highest BCUT2D eigenvalue weighted by Gasteiger charge is 2.77. The first-order valence-electron chi connectivity index (χ1n) is 6.92. The number of Topliss-reactive ketones (excluding diaryl/α,β-unsaturated/α-hetero) is 1. The number of carbonyl (C=O) groups is 1. The molecule has 0 radical (unpaired) electrons. The van der Waals surface area contributed by atoms with Crippen LogP contribution >= 0.6 is 0 Å². The zero-order valence-corrected chi connectivity index (χ0v) is 11.4. The Kier molecular flexibility index (Phi) is 3.00. The first kappa shape index (κ1) is 13.1. The summed E-state index contributed by atoms with van der Waals surface area (Å²) in [6.07, 6.45) is 2.90. The smallest absolute Gasteiger partial charge is 0.234 e. The number of nitro groups is 1. The highest BCUT2D eigenvalue weighted by atomic mass is 16.6. The molecule has 0 amide bonds. The van der Waals surface area contributed by atoms with Gasteiger partial charge >= 0.3 is 0 Å². The highest BCUT2D eigenvalue weighted by Crippen LogP contribution is 2.66. The number of methoxy groups -OCH3 is 1. The topological polar surface area (TPSA) is 69.4 Å². The second kappa shape index (κ2) is 4.58. The molecular weight excluding hydrogens is 258 g/mol. The van der Waals surface area contributed by atoms with E-state index in [2.05, 4.69) is 0 Å². The summed E-state index contributed by atoms with van der Waals surface area (Å²) in [5.74, 6) is 0.526. The highest BCUT2D eigenvalue weighted by molar-refractivity contribution is 5.91. The van der Waals surface area contributed by atoms with Crippen molar-refractivity contribution in [3.05, 3.63) is 39.9 Å². The van der Waals surface area contributed by atoms with E-state index in [-0.39, 0.29) is 16.6 Å². The maximum atomic E-state index is 12.3. The molecule has 1 aromatic rings. The predicted molar refractivity (Wildman–Crippen MR) is 72.4 cm³/mol. The molecule has 2 saturated carbocycles. The second-order valence-corrected chi connectivity index (χ2v) is 5.65. The van der Waals surface area contributed by atoms with Gasteiger partial charge in [-0.15, -0.1) is 0 Å². The zero-order valence-electron chi connectivity index (χ0n) is 11.4. The molecule has 3 atom stereocenters. The fraction of sp³-hybridized carbons (Fsp3) is 0.533. The molecule has 5 heteroatoms. The van der Waals surface area contributed by atoms with Gasteiger partial charge in [-0.2, -0.15) is 0 Å². The van der Waals surface area contributed by atoms with E-state index >= 15 is 0 Å². The van der Waals surface area contributed by atoms with Gasteiger partial charge in [0.05, 0.1) is 13.0 Å². The van der Waals surface area contributed by atoms with Crippen molar-refractivity contribution in [3.8, 4) is 5.75 Å². The third kappa shape index (κ3) is 1.72. The molecule has 0 N–H and O–H groups in total. The van der Waals surface area contributed by atoms with Crippen molar-refractivity contribution < 1.29 is 14.5 Å². The molecule has 106 valence electrons. The minimum atomic E-state index is -0.747. The van der Waals surface area contributed by atoms with E-state index < -0.39 is 11.5 Å². The fourth-order valence-electron chi connectivity index (χ4n) is 3.74. The first-order chi connectivity index (χ1) is 9.61. The van der Waals surface area contributed by atoms with Gasteiger partial charge in [-0.1, -0.05) is 18.6 Å². The maximum absolute atomic E-state index is 12.3. The van der Waals surface area contributed by atoms with E-state index in [9.17, 15) is 14.9 Å². The number of ether oxygens (including phenoxy) is 1. The molecule has 0 heterocycles. The minimum Gasteiger partial charge on any atom is -0.497 e. The van der Waals surface area contributed by atoms with Crippen LogP contribution in [0.15, 0.2) is 24.3 Å². The summed E-state index contributed by atoms with van der Waals surface area (Å²) in [7, 11) is 1.58. The van der Waals surface area contributed by atoms with Crippen molar-refractivity contribution in [2.24, 2.45) is 5.41 Å². The zero-order chi connectivity index (χ0) is 14.3. The number of benzene rings is 1. The SMILES string of the molecule is COc1ccc([C@H]2[C@H]([N+](=O)[O-])[C@@]23CCCCC3=O)cc1. The van der Waals surface area contributed by atoms with Crippen LogP contribution < -0.4 is 4.74 Å². The second-order valence-electron chi connectivity index (χ2n) is 5.65. The molecule has 1 aromatic carbocycles. The minimum absolute atomic E-state index is 0.0752. The molecule has 0 bridgehead atoms. The maximum Gasteiger partial charge on any atom is 0.234 e. The van der Waals surface area contributed by atoms with Crippen LogP contribution in [0.3, 0.4) is 0 Å². The van der Waals surface area contributed by atoms with Crippen molar-refractivity contribution >= 4 is 5.78 Å². The quantitative estimate of drug-likeness (QED) is 0.628. The molecule has 0 saturated heterocycles. The van der Waals surface area contributed by atoms with Crippen molar-refractivity contribution in [1.82, 2.24) is 0 Å². The lowest BCUT2D eigenvalue weighted by Crippen LogP contribution is -2.27. The standard InChI is InChI=1S/C15H17NO4/c1-20-11-7-5-10(6-8-11)13-14(16(18)19)15(13)9-3-2-4-12(15)17/h5-8,13-14H,2-4,9H2,1H3/t13-,14-,15+/m0/s1. The Bertz CT molecular complexity index is 553. The predicted octanol–water partition coefficient (Wildman–Crippen LogP) is 2.57. The number of hydrogen-bond acceptors (Lipinski definition) is 4. The average Bonchev–Trinajstić information content (AvgIpc) is 3.12. The number of ketones is 1. The van der Waals surface area contributed by atoms with E-state index in [1.807, 2.05) is 12.1 Å². The van der Waals surface area contributed by atoms with Gasteiger partial charge < -0.3 is 4.74 Å². The Morgan fingerprint density at radius 3 is 2.55 bits per heavy atom. The number of nitrogens with zero attached hydrogens (tertiary/aromatic N) is 1. The van der Waals surface area contributed by atoms with Crippen LogP contribution in [0.4, 0.5) is 0 Å². The van der Waals surface area contributed by atoms with Gasteiger partial charge in [-0.3, -0.25) is 14.9 Å². The Morgan fingerprint density at radius 1 is 1.30 bits per heavy atom. The van der Waals surface area contributed by atoms with Crippen molar-refractivity contribution in [2.75, 3.05) is 7.11 Å². The van der Waals surface area contributed by atoms with Crippen LogP contribution in [0.5, 0.6) is 5.75 Å². The van der Waals surface area contributed by atoms with Gasteiger partial charge in [0, 0.05) is 11.3 Å². The van der Waals surface area contributed by atoms with Crippen LogP contribution in [0, 0.1) is 15.5 Å². The van der Waals surface area contributed by atoms with Crippen LogP contribution in [-0.2, 0) is 4.79 Å². The summed E-state index contributed by atoms with van der Waals surface area (Å²) < 4.78 is 5.10. The van der Waals surface area contributed by atoms with Gasteiger partial charge in [-0.05, 0) is 30.5 Å². The third-order valence-corrected chi connectivity index (χ3v) is 4.75. The van der Waals surface area contributed by atoms with Gasteiger partial charge in [-0.25, -0.2) is 0 Å². The van der Waals surface area contributed by atoms with Crippen LogP contribution in [0.25, 0.3) is 0 Å². The molecule has 2 fully saturated rings.